The predicted octanol–water partition coefficient (Wildman–Crippen LogP) is 2.38. The molecule has 0 saturated carbocycles. The van der Waals surface area contributed by atoms with Crippen LogP contribution in [0.25, 0.3) is 0 Å². The van der Waals surface area contributed by atoms with Crippen molar-refractivity contribution in [1.82, 2.24) is 0 Å². The summed E-state index contributed by atoms with van der Waals surface area (Å²) in [5, 5.41) is 0. The number of benzene rings is 1. The van der Waals surface area contributed by atoms with Crippen molar-refractivity contribution in [3.8, 4) is 5.75 Å². The number of halogens is 1. The molecule has 0 radical (unpaired) electrons. The number of fused-ring (bicyclic) bond motifs is 1. The van der Waals surface area contributed by atoms with E-state index < -0.39 is 0 Å². The topological polar surface area (TPSA) is 35.2 Å². The number of rotatable bonds is 0. The molecule has 13 heavy (non-hydrogen) atoms. The van der Waals surface area contributed by atoms with Crippen molar-refractivity contribution in [3.05, 3.63) is 26.8 Å². The van der Waals surface area contributed by atoms with Crippen molar-refractivity contribution < 1.29 is 4.74 Å². The van der Waals surface area contributed by atoms with Gasteiger partial charge >= 0.3 is 0 Å². The summed E-state index contributed by atoms with van der Waals surface area (Å²) in [6, 6.07) is 4.33. The summed E-state index contributed by atoms with van der Waals surface area (Å²) in [6.45, 7) is 2.81. The largest absolute Gasteiger partial charge is 0.493 e. The van der Waals surface area contributed by atoms with E-state index in [0.29, 0.717) is 0 Å². The normalized spacial score (nSPS) is 20.7. The first-order valence-corrected chi connectivity index (χ1v) is 5.45. The Kier molecular flexibility index (Phi) is 2.47. The first-order valence-electron chi connectivity index (χ1n) is 4.37. The highest BCUT2D eigenvalue weighted by Gasteiger charge is 2.21. The molecule has 1 aromatic carbocycles. The number of nitrogens with two attached hydrogens (primary N) is 1. The molecule has 3 heteroatoms. The van der Waals surface area contributed by atoms with Gasteiger partial charge in [0.25, 0.3) is 0 Å². The smallest absolute Gasteiger partial charge is 0.128 e. The lowest BCUT2D eigenvalue weighted by molar-refractivity contribution is 0.266. The van der Waals surface area contributed by atoms with Gasteiger partial charge in [0.05, 0.1) is 6.61 Å². The molecule has 1 aliphatic rings. The van der Waals surface area contributed by atoms with Gasteiger partial charge in [-0.15, -0.1) is 0 Å². The van der Waals surface area contributed by atoms with E-state index in [1.165, 1.54) is 14.7 Å². The van der Waals surface area contributed by atoms with Crippen LogP contribution in [0.4, 0.5) is 0 Å². The number of aryl methyl sites for hydroxylation is 1. The van der Waals surface area contributed by atoms with E-state index in [2.05, 4.69) is 41.6 Å². The van der Waals surface area contributed by atoms with Crippen LogP contribution < -0.4 is 10.5 Å². The SMILES string of the molecule is Cc1ccc(I)c2c1OCCC2N. The molecule has 0 bridgehead atoms. The van der Waals surface area contributed by atoms with Gasteiger partial charge in [0.1, 0.15) is 5.75 Å². The van der Waals surface area contributed by atoms with Crippen LogP contribution in [0.2, 0.25) is 0 Å². The summed E-state index contributed by atoms with van der Waals surface area (Å²) in [6.07, 6.45) is 0.923. The summed E-state index contributed by atoms with van der Waals surface area (Å²) in [5.74, 6) is 1.01. The molecule has 2 rings (SSSR count). The van der Waals surface area contributed by atoms with Crippen LogP contribution in [-0.2, 0) is 0 Å². The number of hydrogen-bond donors (Lipinski definition) is 1. The molecular weight excluding hydrogens is 277 g/mol. The van der Waals surface area contributed by atoms with Crippen molar-refractivity contribution in [1.29, 1.82) is 0 Å². The predicted molar refractivity (Wildman–Crippen MR) is 60.9 cm³/mol. The van der Waals surface area contributed by atoms with E-state index in [0.717, 1.165) is 18.8 Å². The minimum Gasteiger partial charge on any atom is -0.493 e. The Labute approximate surface area is 91.6 Å². The average molecular weight is 289 g/mol. The highest BCUT2D eigenvalue weighted by Crippen LogP contribution is 2.36. The van der Waals surface area contributed by atoms with Crippen molar-refractivity contribution in [2.75, 3.05) is 6.61 Å². The summed E-state index contributed by atoms with van der Waals surface area (Å²) < 4.78 is 6.83. The lowest BCUT2D eigenvalue weighted by Crippen LogP contribution is -2.22. The second-order valence-corrected chi connectivity index (χ2v) is 4.51. The van der Waals surface area contributed by atoms with Crippen molar-refractivity contribution in [3.63, 3.8) is 0 Å². The summed E-state index contributed by atoms with van der Waals surface area (Å²) >= 11 is 2.32. The fourth-order valence-corrected chi connectivity index (χ4v) is 2.48. The van der Waals surface area contributed by atoms with E-state index in [4.69, 9.17) is 10.5 Å². The van der Waals surface area contributed by atoms with E-state index in [1.54, 1.807) is 0 Å². The molecule has 1 aliphatic heterocycles. The van der Waals surface area contributed by atoms with E-state index in [1.807, 2.05) is 0 Å². The third-order valence-electron chi connectivity index (χ3n) is 2.39. The lowest BCUT2D eigenvalue weighted by Gasteiger charge is -2.25. The molecule has 0 fully saturated rings. The third-order valence-corrected chi connectivity index (χ3v) is 3.33. The molecule has 0 amide bonds. The Morgan fingerprint density at radius 2 is 2.31 bits per heavy atom. The van der Waals surface area contributed by atoms with Gasteiger partial charge in [-0.1, -0.05) is 6.07 Å². The Morgan fingerprint density at radius 1 is 1.54 bits per heavy atom. The van der Waals surface area contributed by atoms with Gasteiger partial charge < -0.3 is 10.5 Å². The van der Waals surface area contributed by atoms with E-state index in [-0.39, 0.29) is 6.04 Å². The molecule has 2 N–H and O–H groups in total. The zero-order valence-electron chi connectivity index (χ0n) is 7.51. The average Bonchev–Trinajstić information content (AvgIpc) is 2.12. The number of ether oxygens (including phenoxy) is 1. The third kappa shape index (κ3) is 1.55. The first-order chi connectivity index (χ1) is 6.20. The van der Waals surface area contributed by atoms with Crippen molar-refractivity contribution in [2.24, 2.45) is 5.73 Å². The Morgan fingerprint density at radius 3 is 3.00 bits per heavy atom. The lowest BCUT2D eigenvalue weighted by atomic mass is 9.99. The van der Waals surface area contributed by atoms with Gasteiger partial charge in [0.15, 0.2) is 0 Å². The van der Waals surface area contributed by atoms with Gasteiger partial charge in [-0.05, 0) is 41.1 Å². The maximum atomic E-state index is 6.03. The van der Waals surface area contributed by atoms with E-state index in [9.17, 15) is 0 Å². The first kappa shape index (κ1) is 9.27. The van der Waals surface area contributed by atoms with Gasteiger partial charge in [-0.2, -0.15) is 0 Å². The van der Waals surface area contributed by atoms with Gasteiger partial charge in [0, 0.05) is 21.6 Å². The molecule has 1 unspecified atom stereocenters. The van der Waals surface area contributed by atoms with Crippen LogP contribution >= 0.6 is 22.6 Å². The van der Waals surface area contributed by atoms with Crippen molar-refractivity contribution >= 4 is 22.6 Å². The van der Waals surface area contributed by atoms with Crippen LogP contribution in [0.1, 0.15) is 23.6 Å². The van der Waals surface area contributed by atoms with Crippen molar-refractivity contribution in [2.45, 2.75) is 19.4 Å². The zero-order chi connectivity index (χ0) is 9.42. The minimum absolute atomic E-state index is 0.149. The van der Waals surface area contributed by atoms with E-state index >= 15 is 0 Å². The summed E-state index contributed by atoms with van der Waals surface area (Å²) in [7, 11) is 0. The van der Waals surface area contributed by atoms with Gasteiger partial charge in [-0.3, -0.25) is 0 Å². The van der Waals surface area contributed by atoms with Crippen LogP contribution in [0.3, 0.4) is 0 Å². The van der Waals surface area contributed by atoms with Gasteiger partial charge in [-0.25, -0.2) is 0 Å². The molecule has 0 spiro atoms. The zero-order valence-corrected chi connectivity index (χ0v) is 9.67. The molecule has 1 atom stereocenters. The molecule has 2 nitrogen and oxygen atoms in total. The maximum Gasteiger partial charge on any atom is 0.128 e. The fraction of sp³-hybridized carbons (Fsp3) is 0.400. The van der Waals surface area contributed by atoms with Crippen LogP contribution in [-0.4, -0.2) is 6.61 Å². The van der Waals surface area contributed by atoms with Crippen LogP contribution in [0.15, 0.2) is 12.1 Å². The molecule has 0 saturated heterocycles. The standard InChI is InChI=1S/C10H12INO/c1-6-2-3-7(11)9-8(12)4-5-13-10(6)9/h2-3,8H,4-5,12H2,1H3. The fourth-order valence-electron chi connectivity index (χ4n) is 1.65. The van der Waals surface area contributed by atoms with Crippen LogP contribution in [0, 0.1) is 10.5 Å². The minimum atomic E-state index is 0.149. The highest BCUT2D eigenvalue weighted by atomic mass is 127. The Balaban J connectivity index is 2.60. The van der Waals surface area contributed by atoms with Gasteiger partial charge in [0.2, 0.25) is 0 Å². The quantitative estimate of drug-likeness (QED) is 0.744. The molecular formula is C10H12INO. The molecule has 0 aliphatic carbocycles. The monoisotopic (exact) mass is 289 g/mol. The second-order valence-electron chi connectivity index (χ2n) is 3.35. The summed E-state index contributed by atoms with van der Waals surface area (Å²) in [4.78, 5) is 0. The molecule has 0 aromatic heterocycles. The van der Waals surface area contributed by atoms with Crippen LogP contribution in [0.5, 0.6) is 5.75 Å². The maximum absolute atomic E-state index is 6.03. The summed E-state index contributed by atoms with van der Waals surface area (Å²) in [5.41, 5.74) is 8.40. The Hall–Kier alpha value is -0.290. The molecule has 1 heterocycles. The number of hydrogen-bond acceptors (Lipinski definition) is 2. The Bertz CT molecular complexity index is 338. The highest BCUT2D eigenvalue weighted by molar-refractivity contribution is 14.1. The molecule has 70 valence electrons. The second kappa shape index (κ2) is 3.46. The molecule has 1 aromatic rings.